The summed E-state index contributed by atoms with van der Waals surface area (Å²) in [5.41, 5.74) is 3.11. The number of carbonyl (C=O) groups is 3. The Bertz CT molecular complexity index is 2420. The van der Waals surface area contributed by atoms with Gasteiger partial charge in [0.05, 0.1) is 43.1 Å². The van der Waals surface area contributed by atoms with E-state index in [1.54, 1.807) is 14.0 Å². The van der Waals surface area contributed by atoms with Crippen molar-refractivity contribution in [1.82, 2.24) is 9.88 Å². The molecule has 9 rings (SSSR count). The van der Waals surface area contributed by atoms with E-state index in [4.69, 9.17) is 23.7 Å². The fourth-order valence-corrected chi connectivity index (χ4v) is 12.7. The van der Waals surface area contributed by atoms with Crippen LogP contribution in [0, 0.1) is 29.6 Å². The molecular formula is C52H66N2O13. The zero-order chi connectivity index (χ0) is 47.0. The Balaban J connectivity index is 1.24. The third-order valence-electron chi connectivity index (χ3n) is 15.9. The van der Waals surface area contributed by atoms with E-state index >= 15 is 0 Å². The van der Waals surface area contributed by atoms with Crippen molar-refractivity contribution >= 4 is 34.5 Å². The first-order valence-electron chi connectivity index (χ1n) is 24.4. The van der Waals surface area contributed by atoms with Crippen molar-refractivity contribution < 1.29 is 63.6 Å². The molecule has 0 spiro atoms. The Kier molecular flexibility index (Phi) is 14.3. The van der Waals surface area contributed by atoms with Gasteiger partial charge in [-0.15, -0.1) is 0 Å². The molecule has 6 aliphatic rings. The lowest BCUT2D eigenvalue weighted by atomic mass is 9.57. The highest BCUT2D eigenvalue weighted by atomic mass is 16.6. The first-order chi connectivity index (χ1) is 32.6. The molecule has 5 heterocycles. The molecule has 8 atom stereocenters. The number of carbonyl (C=O) groups excluding carboxylic acids is 3. The number of hydrogen-bond donors (Lipinski definition) is 6. The van der Waals surface area contributed by atoms with Crippen molar-refractivity contribution in [2.75, 3.05) is 66.4 Å². The topological polar surface area (TPSA) is 218 Å². The number of fused-ring (bicyclic) bond motifs is 8. The highest BCUT2D eigenvalue weighted by Gasteiger charge is 2.59. The van der Waals surface area contributed by atoms with Gasteiger partial charge in [-0.2, -0.15) is 0 Å². The number of aliphatic hydroxyl groups is 5. The average Bonchev–Trinajstić information content (AvgIpc) is 4.01. The zero-order valence-electron chi connectivity index (χ0n) is 38.7. The Morgan fingerprint density at radius 2 is 1.88 bits per heavy atom. The number of rotatable bonds is 14. The molecule has 2 saturated carbocycles. The Hall–Kier alpha value is -4.61. The third-order valence-corrected chi connectivity index (χ3v) is 15.9. The van der Waals surface area contributed by atoms with Gasteiger partial charge in [-0.25, -0.2) is 4.79 Å². The number of nitrogens with zero attached hydrogens (tertiary/aromatic N) is 1. The van der Waals surface area contributed by atoms with Crippen molar-refractivity contribution in [2.45, 2.75) is 102 Å². The van der Waals surface area contributed by atoms with Crippen molar-refractivity contribution in [3.05, 3.63) is 69.1 Å². The summed E-state index contributed by atoms with van der Waals surface area (Å²) in [5.74, 6) is -2.99. The number of aromatic amines is 1. The number of Topliss-reactive ketones (excluding diaryl/α,β-unsaturated/α-hetero) is 1. The fraction of sp³-hybridized carbons (Fsp3) is 0.596. The number of hydrogen-bond acceptors (Lipinski definition) is 14. The molecule has 1 aromatic heterocycles. The van der Waals surface area contributed by atoms with Crippen LogP contribution in [-0.4, -0.2) is 132 Å². The van der Waals surface area contributed by atoms with E-state index in [0.717, 1.165) is 67.3 Å². The minimum atomic E-state index is -1.35. The van der Waals surface area contributed by atoms with Gasteiger partial charge in [0, 0.05) is 87.0 Å². The highest BCUT2D eigenvalue weighted by Crippen LogP contribution is 2.59. The van der Waals surface area contributed by atoms with Crippen LogP contribution in [0.1, 0.15) is 98.4 Å². The maximum absolute atomic E-state index is 14.5. The lowest BCUT2D eigenvalue weighted by molar-refractivity contribution is -0.186. The number of aryl methyl sites for hydroxylation is 1. The first-order valence-corrected chi connectivity index (χ1v) is 24.4. The molecule has 6 N–H and O–H groups in total. The van der Waals surface area contributed by atoms with E-state index in [9.17, 15) is 39.9 Å². The Morgan fingerprint density at radius 3 is 2.63 bits per heavy atom. The summed E-state index contributed by atoms with van der Waals surface area (Å²) in [5, 5.41) is 57.8. The van der Waals surface area contributed by atoms with Crippen LogP contribution in [0.5, 0.6) is 17.2 Å². The molecule has 2 aliphatic carbocycles. The van der Waals surface area contributed by atoms with Crippen molar-refractivity contribution in [3.8, 4) is 17.2 Å². The molecule has 15 heteroatoms. The van der Waals surface area contributed by atoms with E-state index in [2.05, 4.69) is 9.88 Å². The van der Waals surface area contributed by atoms with Gasteiger partial charge < -0.3 is 59.1 Å². The number of piperidine rings is 1. The number of methoxy groups -OCH3 is 1. The third kappa shape index (κ3) is 8.52. The van der Waals surface area contributed by atoms with Crippen LogP contribution >= 0.6 is 0 Å². The molecule has 3 fully saturated rings. The van der Waals surface area contributed by atoms with E-state index < -0.39 is 54.4 Å². The van der Waals surface area contributed by atoms with E-state index in [1.807, 2.05) is 24.4 Å². The van der Waals surface area contributed by atoms with Crippen LogP contribution in [0.2, 0.25) is 0 Å². The van der Waals surface area contributed by atoms with Gasteiger partial charge in [0.15, 0.2) is 6.29 Å². The quantitative estimate of drug-likeness (QED) is 0.0734. The second kappa shape index (κ2) is 20.2. The number of benzene rings is 2. The van der Waals surface area contributed by atoms with Crippen LogP contribution in [0.25, 0.3) is 16.5 Å². The molecule has 1 saturated heterocycles. The molecular weight excluding hydrogens is 861 g/mol. The molecule has 2 aromatic carbocycles. The van der Waals surface area contributed by atoms with Crippen LogP contribution in [0.4, 0.5) is 0 Å². The van der Waals surface area contributed by atoms with Crippen molar-refractivity contribution in [1.29, 1.82) is 0 Å². The number of ether oxygens (including phenoxy) is 5. The number of nitrogens with one attached hydrogen (secondary N) is 1. The number of likely N-dealkylation sites (tertiary alicyclic amines) is 1. The highest BCUT2D eigenvalue weighted by molar-refractivity contribution is 6.11. The van der Waals surface area contributed by atoms with Crippen molar-refractivity contribution in [3.63, 3.8) is 0 Å². The monoisotopic (exact) mass is 926 g/mol. The minimum Gasteiger partial charge on any atom is -0.492 e. The maximum atomic E-state index is 14.5. The molecule has 0 amide bonds. The Labute approximate surface area is 391 Å². The molecule has 15 nitrogen and oxygen atoms in total. The summed E-state index contributed by atoms with van der Waals surface area (Å²) >= 11 is 0. The summed E-state index contributed by atoms with van der Waals surface area (Å²) < 4.78 is 31.4. The number of aromatic nitrogens is 1. The zero-order valence-corrected chi connectivity index (χ0v) is 38.7. The average molecular weight is 927 g/mol. The van der Waals surface area contributed by atoms with Gasteiger partial charge in [-0.1, -0.05) is 5.57 Å². The van der Waals surface area contributed by atoms with Gasteiger partial charge in [0.2, 0.25) is 5.76 Å². The minimum absolute atomic E-state index is 0.0142. The molecule has 2 bridgehead atoms. The lowest BCUT2D eigenvalue weighted by Gasteiger charge is -2.55. The number of allylic oxidation sites excluding steroid dienone is 3. The van der Waals surface area contributed by atoms with Crippen LogP contribution < -0.4 is 14.2 Å². The maximum Gasteiger partial charge on any atom is 0.375 e. The molecule has 4 aliphatic heterocycles. The molecule has 67 heavy (non-hydrogen) atoms. The summed E-state index contributed by atoms with van der Waals surface area (Å²) in [4.78, 5) is 47.9. The fourth-order valence-electron chi connectivity index (χ4n) is 12.7. The number of esters is 1. The first kappa shape index (κ1) is 47.5. The number of aldehydes is 1. The second-order valence-corrected chi connectivity index (χ2v) is 19.5. The largest absolute Gasteiger partial charge is 0.492 e. The summed E-state index contributed by atoms with van der Waals surface area (Å²) in [6.07, 6.45) is 7.39. The summed E-state index contributed by atoms with van der Waals surface area (Å²) in [6.45, 7) is 3.54. The van der Waals surface area contributed by atoms with Crippen LogP contribution in [0.15, 0.2) is 41.3 Å². The van der Waals surface area contributed by atoms with Crippen LogP contribution in [0.3, 0.4) is 0 Å². The Morgan fingerprint density at radius 1 is 1.03 bits per heavy atom. The van der Waals surface area contributed by atoms with Gasteiger partial charge >= 0.3 is 5.97 Å². The number of H-pyrrole nitrogens is 1. The second-order valence-electron chi connectivity index (χ2n) is 19.5. The summed E-state index contributed by atoms with van der Waals surface area (Å²) in [6, 6.07) is 5.99. The van der Waals surface area contributed by atoms with Gasteiger partial charge in [-0.05, 0) is 130 Å². The summed E-state index contributed by atoms with van der Waals surface area (Å²) in [7, 11) is 1.71. The van der Waals surface area contributed by atoms with E-state index in [1.165, 1.54) is 0 Å². The van der Waals surface area contributed by atoms with Gasteiger partial charge in [0.1, 0.15) is 34.7 Å². The lowest BCUT2D eigenvalue weighted by Crippen LogP contribution is -2.63. The van der Waals surface area contributed by atoms with Crippen LogP contribution in [-0.2, 0) is 43.3 Å². The number of ketones is 1. The normalized spacial score (nSPS) is 29.5. The standard InChI is InChI=1S/C52H66N2O13/c1-3-64-51(61)50-39(26-58)44-33-18-34(25-57)46(60)37(20-33)36-19-31-11-13-53-42(31)21-30(36)8-7-29(24-56)28-65-48-38-22-43(66-47(38)40(27-59)49(67-50)45(44)48)52(62)35(6-4-16-55)10-9-32-23-54(14-5-17-63-2)15-12-41(32)52/h11,13,19,21,26,29,32,34-35,37,41,43,53,55-57,59,62H,3-10,12,14-18,20,22-25,27-28H2,1-2H3/b44-33-/t29-,32-,34-,35-,37+,41+,43-,52+/m0/s1. The predicted octanol–water partition coefficient (Wildman–Crippen LogP) is 4.70. The SMILES string of the molecule is CCOC(=O)C1=C(C=O)/C2=C3\C[C@@H](CO)C(=O)[C@H](C3)c3cc4cc[nH]c4cc3CC[C@@H](CO)COc3c4c(c(CO)c(c32)O1)O[C@H]([C@@]1(O)[C@@H](CCCO)CC[C@H]2CN(CCCOC)CC[C@H]21)C4. The number of aliphatic hydroxyl groups excluding tert-OH is 4. The molecule has 3 aromatic rings. The smallest absolute Gasteiger partial charge is 0.375 e. The van der Waals surface area contributed by atoms with E-state index in [0.29, 0.717) is 60.8 Å². The van der Waals surface area contributed by atoms with Gasteiger partial charge in [0.25, 0.3) is 0 Å². The predicted molar refractivity (Wildman–Crippen MR) is 247 cm³/mol. The van der Waals surface area contributed by atoms with Crippen molar-refractivity contribution in [2.24, 2.45) is 29.6 Å². The molecule has 0 unspecified atom stereocenters. The molecule has 362 valence electrons. The van der Waals surface area contributed by atoms with Gasteiger partial charge in [-0.3, -0.25) is 9.59 Å². The van der Waals surface area contributed by atoms with E-state index in [-0.39, 0.29) is 97.6 Å². The molecule has 0 radical (unpaired) electrons.